The molecular formula is C24H24FN3O3S. The summed E-state index contributed by atoms with van der Waals surface area (Å²) >= 11 is 0. The Morgan fingerprint density at radius 2 is 1.78 bits per heavy atom. The second-order valence-electron chi connectivity index (χ2n) is 7.84. The highest BCUT2D eigenvalue weighted by molar-refractivity contribution is 7.90. The van der Waals surface area contributed by atoms with Gasteiger partial charge in [-0.25, -0.2) is 17.6 Å². The number of carbonyl (C=O) groups excluding carboxylic acids is 1. The molecule has 0 spiro atoms. The Morgan fingerprint density at radius 3 is 2.53 bits per heavy atom. The van der Waals surface area contributed by atoms with Crippen molar-refractivity contribution in [3.05, 3.63) is 94.8 Å². The van der Waals surface area contributed by atoms with Gasteiger partial charge >= 0.3 is 6.03 Å². The molecule has 8 heteroatoms. The second-order valence-corrected chi connectivity index (χ2v) is 9.83. The third kappa shape index (κ3) is 4.98. The van der Waals surface area contributed by atoms with Crippen LogP contribution in [0.4, 0.5) is 14.9 Å². The molecule has 0 aliphatic carbocycles. The number of anilines is 1. The molecule has 3 aromatic rings. The molecule has 2 amide bonds. The number of benzene rings is 3. The molecule has 1 aliphatic heterocycles. The first-order chi connectivity index (χ1) is 15.3. The van der Waals surface area contributed by atoms with Crippen molar-refractivity contribution in [2.75, 3.05) is 5.32 Å². The van der Waals surface area contributed by atoms with Crippen molar-refractivity contribution >= 4 is 21.6 Å². The van der Waals surface area contributed by atoms with Crippen LogP contribution in [-0.4, -0.2) is 14.4 Å². The van der Waals surface area contributed by atoms with Gasteiger partial charge in [-0.05, 0) is 47.4 Å². The van der Waals surface area contributed by atoms with Gasteiger partial charge in [-0.15, -0.1) is 0 Å². The van der Waals surface area contributed by atoms with Gasteiger partial charge in [0.25, 0.3) is 0 Å². The molecule has 0 saturated heterocycles. The van der Waals surface area contributed by atoms with Crippen LogP contribution in [0.2, 0.25) is 0 Å². The summed E-state index contributed by atoms with van der Waals surface area (Å²) in [5, 5.41) is 8.39. The predicted octanol–water partition coefficient (Wildman–Crippen LogP) is 4.29. The van der Waals surface area contributed by atoms with E-state index in [0.29, 0.717) is 12.1 Å². The smallest absolute Gasteiger partial charge is 0.319 e. The van der Waals surface area contributed by atoms with Gasteiger partial charge in [0, 0.05) is 13.1 Å². The summed E-state index contributed by atoms with van der Waals surface area (Å²) in [5.74, 6) is -1.03. The van der Waals surface area contributed by atoms with E-state index >= 15 is 0 Å². The highest BCUT2D eigenvalue weighted by Crippen LogP contribution is 2.24. The fraction of sp³-hybridized carbons (Fsp3) is 0.208. The highest BCUT2D eigenvalue weighted by atomic mass is 32.2. The van der Waals surface area contributed by atoms with Crippen LogP contribution in [0, 0.1) is 5.82 Å². The summed E-state index contributed by atoms with van der Waals surface area (Å²) in [5.41, 5.74) is 3.72. The number of hydrogen-bond donors (Lipinski definition) is 3. The number of halogens is 1. The Bertz CT molecular complexity index is 1250. The first kappa shape index (κ1) is 22.0. The van der Waals surface area contributed by atoms with Gasteiger partial charge in [-0.2, -0.15) is 0 Å². The maximum atomic E-state index is 14.6. The molecule has 0 bridgehead atoms. The molecule has 0 radical (unpaired) electrons. The quantitative estimate of drug-likeness (QED) is 0.520. The molecule has 0 saturated carbocycles. The molecule has 1 aliphatic rings. The molecule has 32 heavy (non-hydrogen) atoms. The molecule has 166 valence electrons. The molecule has 3 N–H and O–H groups in total. The number of carbonyl (C=O) groups is 1. The maximum absolute atomic E-state index is 14.6. The van der Waals surface area contributed by atoms with Gasteiger partial charge in [0.1, 0.15) is 5.82 Å². The van der Waals surface area contributed by atoms with Crippen LogP contribution in [0.5, 0.6) is 0 Å². The SMILES string of the molecule is CC(NC(=O)Nc1ccc(S(=O)(=O)Cc2ccc3c(c2)CNC3)cc1F)c1ccccc1. The van der Waals surface area contributed by atoms with E-state index < -0.39 is 21.7 Å². The lowest BCUT2D eigenvalue weighted by atomic mass is 10.1. The van der Waals surface area contributed by atoms with E-state index in [1.807, 2.05) is 49.4 Å². The highest BCUT2D eigenvalue weighted by Gasteiger charge is 2.20. The number of urea groups is 1. The van der Waals surface area contributed by atoms with Crippen LogP contribution >= 0.6 is 0 Å². The van der Waals surface area contributed by atoms with Crippen molar-refractivity contribution in [3.8, 4) is 0 Å². The van der Waals surface area contributed by atoms with Crippen LogP contribution in [0.15, 0.2) is 71.6 Å². The minimum absolute atomic E-state index is 0.0923. The van der Waals surface area contributed by atoms with Crippen LogP contribution in [-0.2, 0) is 28.7 Å². The lowest BCUT2D eigenvalue weighted by molar-refractivity contribution is 0.249. The zero-order chi connectivity index (χ0) is 22.7. The summed E-state index contributed by atoms with van der Waals surface area (Å²) in [6, 6.07) is 17.6. The summed E-state index contributed by atoms with van der Waals surface area (Å²) in [4.78, 5) is 12.1. The number of nitrogens with one attached hydrogen (secondary N) is 3. The fourth-order valence-corrected chi connectivity index (χ4v) is 5.05. The molecule has 1 unspecified atom stereocenters. The molecule has 6 nitrogen and oxygen atoms in total. The van der Waals surface area contributed by atoms with Crippen LogP contribution < -0.4 is 16.0 Å². The summed E-state index contributed by atoms with van der Waals surface area (Å²) in [7, 11) is -3.74. The average Bonchev–Trinajstić information content (AvgIpc) is 3.23. The fourth-order valence-electron chi connectivity index (χ4n) is 3.71. The third-order valence-electron chi connectivity index (χ3n) is 5.45. The van der Waals surface area contributed by atoms with E-state index in [1.54, 1.807) is 6.07 Å². The van der Waals surface area contributed by atoms with Crippen molar-refractivity contribution in [2.24, 2.45) is 0 Å². The van der Waals surface area contributed by atoms with Crippen molar-refractivity contribution < 1.29 is 17.6 Å². The van der Waals surface area contributed by atoms with Crippen molar-refractivity contribution in [1.29, 1.82) is 0 Å². The standard InChI is InChI=1S/C24H24FN3O3S/c1-16(18-5-3-2-4-6-18)27-24(29)28-23-10-9-21(12-22(23)25)32(30,31)15-17-7-8-19-13-26-14-20(19)11-17/h2-12,16,26H,13-15H2,1H3,(H2,27,28,29). The first-order valence-corrected chi connectivity index (χ1v) is 11.9. The lowest BCUT2D eigenvalue weighted by Gasteiger charge is -2.15. The Balaban J connectivity index is 1.43. The molecule has 3 aromatic carbocycles. The monoisotopic (exact) mass is 453 g/mol. The molecule has 0 fully saturated rings. The van der Waals surface area contributed by atoms with Crippen LogP contribution in [0.1, 0.15) is 35.2 Å². The second kappa shape index (κ2) is 9.10. The minimum Gasteiger partial charge on any atom is -0.331 e. The van der Waals surface area contributed by atoms with E-state index in [9.17, 15) is 17.6 Å². The van der Waals surface area contributed by atoms with Gasteiger partial charge in [-0.1, -0.05) is 48.5 Å². The normalized spacial score (nSPS) is 13.9. The number of hydrogen-bond acceptors (Lipinski definition) is 4. The van der Waals surface area contributed by atoms with E-state index in [0.717, 1.165) is 29.3 Å². The van der Waals surface area contributed by atoms with E-state index in [1.165, 1.54) is 12.1 Å². The maximum Gasteiger partial charge on any atom is 0.319 e. The molecular weight excluding hydrogens is 429 g/mol. The van der Waals surface area contributed by atoms with Crippen molar-refractivity contribution in [2.45, 2.75) is 36.7 Å². The van der Waals surface area contributed by atoms with Gasteiger partial charge < -0.3 is 16.0 Å². The number of fused-ring (bicyclic) bond motifs is 1. The average molecular weight is 454 g/mol. The minimum atomic E-state index is -3.74. The summed E-state index contributed by atoms with van der Waals surface area (Å²) in [6.07, 6.45) is 0. The Hall–Kier alpha value is -3.23. The first-order valence-electron chi connectivity index (χ1n) is 10.3. The van der Waals surface area contributed by atoms with Gasteiger partial charge in [0.2, 0.25) is 0 Å². The Kier molecular flexibility index (Phi) is 6.25. The number of amides is 2. The molecule has 0 aromatic heterocycles. The van der Waals surface area contributed by atoms with E-state index in [4.69, 9.17) is 0 Å². The van der Waals surface area contributed by atoms with E-state index in [-0.39, 0.29) is 22.4 Å². The Morgan fingerprint density at radius 1 is 1.03 bits per heavy atom. The summed E-state index contributed by atoms with van der Waals surface area (Å²) in [6.45, 7) is 3.30. The third-order valence-corrected chi connectivity index (χ3v) is 7.14. The molecule has 1 atom stereocenters. The topological polar surface area (TPSA) is 87.3 Å². The van der Waals surface area contributed by atoms with E-state index in [2.05, 4.69) is 16.0 Å². The van der Waals surface area contributed by atoms with Gasteiger partial charge in [0.05, 0.1) is 22.4 Å². The van der Waals surface area contributed by atoms with Crippen LogP contribution in [0.3, 0.4) is 0 Å². The molecule has 1 heterocycles. The van der Waals surface area contributed by atoms with Crippen molar-refractivity contribution in [3.63, 3.8) is 0 Å². The summed E-state index contributed by atoms with van der Waals surface area (Å²) < 4.78 is 40.2. The number of sulfone groups is 1. The van der Waals surface area contributed by atoms with Crippen LogP contribution in [0.25, 0.3) is 0 Å². The van der Waals surface area contributed by atoms with Crippen molar-refractivity contribution in [1.82, 2.24) is 10.6 Å². The zero-order valence-electron chi connectivity index (χ0n) is 17.6. The van der Waals surface area contributed by atoms with Gasteiger partial charge in [0.15, 0.2) is 9.84 Å². The van der Waals surface area contributed by atoms with Gasteiger partial charge in [-0.3, -0.25) is 0 Å². The zero-order valence-corrected chi connectivity index (χ0v) is 18.4. The molecule has 4 rings (SSSR count). The largest absolute Gasteiger partial charge is 0.331 e. The number of rotatable bonds is 6. The lowest BCUT2D eigenvalue weighted by Crippen LogP contribution is -2.31. The predicted molar refractivity (Wildman–Crippen MR) is 121 cm³/mol. The Labute approximate surface area is 186 Å².